The molecule has 0 saturated heterocycles. The molecular weight excluding hydrogens is 276 g/mol. The summed E-state index contributed by atoms with van der Waals surface area (Å²) in [6.45, 7) is 6.39. The molecular formula is C19H26O3. The van der Waals surface area contributed by atoms with Gasteiger partial charge in [0, 0.05) is 0 Å². The first kappa shape index (κ1) is 16.6. The van der Waals surface area contributed by atoms with E-state index < -0.39 is 5.60 Å². The van der Waals surface area contributed by atoms with Gasteiger partial charge in [-0.3, -0.25) is 0 Å². The van der Waals surface area contributed by atoms with E-state index in [1.54, 1.807) is 0 Å². The number of hydrogen-bond donors (Lipinski definition) is 1. The molecule has 0 amide bonds. The van der Waals surface area contributed by atoms with Crippen LogP contribution in [0, 0.1) is 0 Å². The molecule has 0 spiro atoms. The highest BCUT2D eigenvalue weighted by molar-refractivity contribution is 5.57. The van der Waals surface area contributed by atoms with Crippen LogP contribution in [0.1, 0.15) is 52.0 Å². The van der Waals surface area contributed by atoms with Crippen molar-refractivity contribution in [3.63, 3.8) is 0 Å². The Hall–Kier alpha value is -1.74. The van der Waals surface area contributed by atoms with Crippen molar-refractivity contribution in [3.8, 4) is 11.5 Å². The molecule has 120 valence electrons. The molecule has 0 fully saturated rings. The van der Waals surface area contributed by atoms with Crippen LogP contribution in [0.5, 0.6) is 11.5 Å². The Labute approximate surface area is 133 Å². The summed E-state index contributed by atoms with van der Waals surface area (Å²) < 4.78 is 10.7. The van der Waals surface area contributed by atoms with Crippen LogP contribution >= 0.6 is 0 Å². The summed E-state index contributed by atoms with van der Waals surface area (Å²) in [6.07, 6.45) is 9.81. The van der Waals surface area contributed by atoms with Gasteiger partial charge in [-0.1, -0.05) is 43.7 Å². The van der Waals surface area contributed by atoms with Gasteiger partial charge in [0.05, 0.1) is 5.60 Å². The second-order valence-electron chi connectivity index (χ2n) is 6.00. The predicted octanol–water partition coefficient (Wildman–Crippen LogP) is 4.71. The third kappa shape index (κ3) is 4.63. The Kier molecular flexibility index (Phi) is 5.67. The molecule has 1 heterocycles. The average molecular weight is 302 g/mol. The van der Waals surface area contributed by atoms with Crippen molar-refractivity contribution >= 4 is 6.08 Å². The lowest BCUT2D eigenvalue weighted by molar-refractivity contribution is 0.0471. The van der Waals surface area contributed by atoms with Crippen molar-refractivity contribution in [2.24, 2.45) is 0 Å². The summed E-state index contributed by atoms with van der Waals surface area (Å²) in [4.78, 5) is 0. The van der Waals surface area contributed by atoms with Crippen molar-refractivity contribution in [2.45, 2.75) is 52.1 Å². The molecule has 2 rings (SSSR count). The number of rotatable bonds is 7. The summed E-state index contributed by atoms with van der Waals surface area (Å²) in [7, 11) is 0. The molecule has 0 radical (unpaired) electrons. The molecule has 1 atom stereocenters. The lowest BCUT2D eigenvalue weighted by atomic mass is 9.93. The van der Waals surface area contributed by atoms with E-state index in [-0.39, 0.29) is 0 Å². The number of benzene rings is 1. The first-order chi connectivity index (χ1) is 10.5. The van der Waals surface area contributed by atoms with E-state index in [4.69, 9.17) is 9.47 Å². The van der Waals surface area contributed by atoms with E-state index in [2.05, 4.69) is 25.2 Å². The molecule has 0 bridgehead atoms. The second-order valence-corrected chi connectivity index (χ2v) is 6.00. The van der Waals surface area contributed by atoms with Crippen molar-refractivity contribution in [1.29, 1.82) is 0 Å². The van der Waals surface area contributed by atoms with Crippen molar-refractivity contribution in [1.82, 2.24) is 0 Å². The molecule has 3 heteroatoms. The Morgan fingerprint density at radius 1 is 1.27 bits per heavy atom. The standard InChI is InChI=1S/C19H26O3/c1-4-15(11-12-19(3,20)5-2)7-6-8-16-9-10-17-18(13-16)22-14-21-17/h6-10,13,20H,4-5,11-12,14H2,1-3H3. The zero-order valence-electron chi connectivity index (χ0n) is 13.8. The fourth-order valence-electron chi connectivity index (χ4n) is 2.30. The molecule has 0 aromatic heterocycles. The maximum Gasteiger partial charge on any atom is 0.231 e. The van der Waals surface area contributed by atoms with Gasteiger partial charge in [0.2, 0.25) is 6.79 Å². The smallest absolute Gasteiger partial charge is 0.231 e. The first-order valence-corrected chi connectivity index (χ1v) is 8.02. The van der Waals surface area contributed by atoms with Crippen LogP contribution in [0.15, 0.2) is 35.9 Å². The van der Waals surface area contributed by atoms with Crippen molar-refractivity contribution < 1.29 is 14.6 Å². The van der Waals surface area contributed by atoms with Gasteiger partial charge < -0.3 is 14.6 Å². The summed E-state index contributed by atoms with van der Waals surface area (Å²) >= 11 is 0. The maximum atomic E-state index is 10.1. The van der Waals surface area contributed by atoms with Crippen LogP contribution in [0.25, 0.3) is 6.08 Å². The van der Waals surface area contributed by atoms with Crippen LogP contribution in [0.2, 0.25) is 0 Å². The van der Waals surface area contributed by atoms with Gasteiger partial charge in [-0.2, -0.15) is 0 Å². The van der Waals surface area contributed by atoms with Gasteiger partial charge in [-0.15, -0.1) is 0 Å². The van der Waals surface area contributed by atoms with Crippen molar-refractivity contribution in [2.75, 3.05) is 6.79 Å². The average Bonchev–Trinajstić information content (AvgIpc) is 2.98. The monoisotopic (exact) mass is 302 g/mol. The van der Waals surface area contributed by atoms with Crippen LogP contribution in [0.4, 0.5) is 0 Å². The highest BCUT2D eigenvalue weighted by Crippen LogP contribution is 2.32. The van der Waals surface area contributed by atoms with Crippen LogP contribution in [-0.4, -0.2) is 17.5 Å². The van der Waals surface area contributed by atoms with E-state index in [1.165, 1.54) is 5.57 Å². The van der Waals surface area contributed by atoms with E-state index in [9.17, 15) is 5.11 Å². The zero-order chi connectivity index (χ0) is 16.0. The third-order valence-corrected chi connectivity index (χ3v) is 4.22. The summed E-state index contributed by atoms with van der Waals surface area (Å²) in [5, 5.41) is 10.1. The Morgan fingerprint density at radius 2 is 2.05 bits per heavy atom. The topological polar surface area (TPSA) is 38.7 Å². The highest BCUT2D eigenvalue weighted by Gasteiger charge is 2.17. The van der Waals surface area contributed by atoms with Gasteiger partial charge in [-0.05, 0) is 50.3 Å². The second kappa shape index (κ2) is 7.50. The number of hydrogen-bond acceptors (Lipinski definition) is 3. The molecule has 1 aromatic carbocycles. The summed E-state index contributed by atoms with van der Waals surface area (Å²) in [6, 6.07) is 5.94. The normalized spacial score (nSPS) is 17.0. The number of aliphatic hydroxyl groups is 1. The Balaban J connectivity index is 1.96. The first-order valence-electron chi connectivity index (χ1n) is 8.02. The third-order valence-electron chi connectivity index (χ3n) is 4.22. The molecule has 1 aromatic rings. The lowest BCUT2D eigenvalue weighted by Gasteiger charge is -2.21. The molecule has 1 aliphatic rings. The molecule has 0 saturated carbocycles. The van der Waals surface area contributed by atoms with Gasteiger partial charge in [0.15, 0.2) is 11.5 Å². The molecule has 1 N–H and O–H groups in total. The number of fused-ring (bicyclic) bond motifs is 1. The van der Waals surface area contributed by atoms with Gasteiger partial charge in [0.25, 0.3) is 0 Å². The minimum Gasteiger partial charge on any atom is -0.454 e. The Morgan fingerprint density at radius 3 is 2.77 bits per heavy atom. The van der Waals surface area contributed by atoms with Crippen molar-refractivity contribution in [3.05, 3.63) is 41.5 Å². The fourth-order valence-corrected chi connectivity index (χ4v) is 2.30. The van der Waals surface area contributed by atoms with Gasteiger partial charge in [-0.25, -0.2) is 0 Å². The quantitative estimate of drug-likeness (QED) is 0.742. The minimum absolute atomic E-state index is 0.305. The molecule has 0 aliphatic carbocycles. The predicted molar refractivity (Wildman–Crippen MR) is 90.1 cm³/mol. The maximum absolute atomic E-state index is 10.1. The van der Waals surface area contributed by atoms with Crippen LogP contribution in [0.3, 0.4) is 0 Å². The summed E-state index contributed by atoms with van der Waals surface area (Å²) in [5.41, 5.74) is 1.89. The molecule has 1 aliphatic heterocycles. The van der Waals surface area contributed by atoms with E-state index >= 15 is 0 Å². The number of allylic oxidation sites excluding steroid dienone is 3. The summed E-state index contributed by atoms with van der Waals surface area (Å²) in [5.74, 6) is 1.62. The molecule has 3 nitrogen and oxygen atoms in total. The largest absolute Gasteiger partial charge is 0.454 e. The molecule has 22 heavy (non-hydrogen) atoms. The minimum atomic E-state index is -0.560. The Bertz CT molecular complexity index is 556. The highest BCUT2D eigenvalue weighted by atomic mass is 16.7. The van der Waals surface area contributed by atoms with Gasteiger partial charge in [0.1, 0.15) is 0 Å². The van der Waals surface area contributed by atoms with Crippen LogP contribution < -0.4 is 9.47 Å². The SMILES string of the molecule is CCC(=CC=Cc1ccc2c(c1)OCO2)CCC(C)(O)CC. The fraction of sp³-hybridized carbons (Fsp3) is 0.474. The van der Waals surface area contributed by atoms with Crippen LogP contribution in [-0.2, 0) is 0 Å². The van der Waals surface area contributed by atoms with E-state index in [0.717, 1.165) is 42.7 Å². The van der Waals surface area contributed by atoms with Gasteiger partial charge >= 0.3 is 0 Å². The van der Waals surface area contributed by atoms with E-state index in [0.29, 0.717) is 6.79 Å². The zero-order valence-corrected chi connectivity index (χ0v) is 13.8. The molecule has 1 unspecified atom stereocenters. The number of ether oxygens (including phenoxy) is 2. The lowest BCUT2D eigenvalue weighted by Crippen LogP contribution is -2.22. The van der Waals surface area contributed by atoms with E-state index in [1.807, 2.05) is 32.0 Å².